The van der Waals surface area contributed by atoms with E-state index in [2.05, 4.69) is 37.5 Å². The highest BCUT2D eigenvalue weighted by Crippen LogP contribution is 2.29. The molecule has 1 saturated heterocycles. The summed E-state index contributed by atoms with van der Waals surface area (Å²) < 4.78 is 10.7. The number of rotatable bonds is 5. The number of aromatic nitrogens is 3. The highest BCUT2D eigenvalue weighted by molar-refractivity contribution is 9.11. The number of hydrogen-bond donors (Lipinski definition) is 0. The zero-order chi connectivity index (χ0) is 20.0. The van der Waals surface area contributed by atoms with E-state index >= 15 is 0 Å². The molecule has 0 spiro atoms. The maximum atomic E-state index is 13.3. The van der Waals surface area contributed by atoms with Gasteiger partial charge < -0.3 is 9.30 Å². The van der Waals surface area contributed by atoms with Crippen molar-refractivity contribution in [3.8, 4) is 0 Å². The maximum absolute atomic E-state index is 13.3. The number of aryl methyl sites for hydroxylation is 1. The number of carbonyl (C=O) groups excluding carboxylic acids is 1. The number of ether oxygens (including phenoxy) is 1. The Labute approximate surface area is 205 Å². The third kappa shape index (κ3) is 4.42. The summed E-state index contributed by atoms with van der Waals surface area (Å²) in [6.07, 6.45) is 0. The van der Waals surface area contributed by atoms with E-state index in [0.29, 0.717) is 10.6 Å². The van der Waals surface area contributed by atoms with Crippen LogP contribution in [-0.4, -0.2) is 57.5 Å². The minimum atomic E-state index is 0. The van der Waals surface area contributed by atoms with Crippen LogP contribution in [0.2, 0.25) is 0 Å². The van der Waals surface area contributed by atoms with Crippen molar-refractivity contribution < 1.29 is 9.53 Å². The predicted octanol–water partition coefficient (Wildman–Crippen LogP) is 4.83. The number of nitrogens with zero attached hydrogens (tertiary/aromatic N) is 4. The van der Waals surface area contributed by atoms with Crippen molar-refractivity contribution in [3.63, 3.8) is 0 Å². The van der Waals surface area contributed by atoms with Crippen molar-refractivity contribution in [2.45, 2.75) is 13.5 Å². The van der Waals surface area contributed by atoms with Crippen LogP contribution in [0.15, 0.2) is 40.2 Å². The monoisotopic (exact) mass is 544 g/mol. The van der Waals surface area contributed by atoms with Gasteiger partial charge in [0.2, 0.25) is 11.6 Å². The topological polar surface area (TPSA) is 51.8 Å². The second-order valence-corrected chi connectivity index (χ2v) is 9.67. The molecule has 1 fully saturated rings. The van der Waals surface area contributed by atoms with Gasteiger partial charge in [0.15, 0.2) is 0 Å². The molecule has 3 aromatic heterocycles. The number of ketones is 1. The summed E-state index contributed by atoms with van der Waals surface area (Å²) in [5.41, 5.74) is 3.53. The van der Waals surface area contributed by atoms with Gasteiger partial charge in [0.05, 0.1) is 38.6 Å². The van der Waals surface area contributed by atoms with Crippen LogP contribution in [0.1, 0.15) is 21.1 Å². The van der Waals surface area contributed by atoms with Crippen LogP contribution in [0.25, 0.3) is 16.8 Å². The predicted molar refractivity (Wildman–Crippen MR) is 133 cm³/mol. The largest absolute Gasteiger partial charge is 0.379 e. The number of para-hydroxylation sites is 2. The minimum absolute atomic E-state index is 0. The second kappa shape index (κ2) is 10.0. The quantitative estimate of drug-likeness (QED) is 0.337. The number of halogens is 3. The Morgan fingerprint density at radius 3 is 2.48 bits per heavy atom. The smallest absolute Gasteiger partial charge is 0.221 e. The Balaban J connectivity index is 0.00000136. The van der Waals surface area contributed by atoms with E-state index in [1.54, 1.807) is 0 Å². The molecule has 0 saturated carbocycles. The fourth-order valence-electron chi connectivity index (χ4n) is 4.02. The Morgan fingerprint density at radius 1 is 1.10 bits per heavy atom. The first-order valence-electron chi connectivity index (χ1n) is 9.70. The number of morpholine rings is 1. The molecule has 4 heterocycles. The van der Waals surface area contributed by atoms with Crippen LogP contribution < -0.4 is 0 Å². The normalized spacial score (nSPS) is 14.5. The lowest BCUT2D eigenvalue weighted by atomic mass is 10.2. The van der Waals surface area contributed by atoms with E-state index in [9.17, 15) is 4.79 Å². The highest BCUT2D eigenvalue weighted by Gasteiger charge is 2.24. The van der Waals surface area contributed by atoms with Crippen LogP contribution in [0.4, 0.5) is 0 Å². The standard InChI is InChI=1S/C21H21BrN4O2S.2ClH/c1-14-19(20(27)17-6-7-18(22)29-17)26-16-5-3-2-4-15(16)25(21(26)23-14)9-8-24-10-12-28-13-11-24;;/h2-7H,8-13H2,1H3;2*1H. The average molecular weight is 546 g/mol. The van der Waals surface area contributed by atoms with Gasteiger partial charge in [0.1, 0.15) is 5.69 Å². The van der Waals surface area contributed by atoms with Crippen LogP contribution in [0, 0.1) is 6.92 Å². The fraction of sp³-hybridized carbons (Fsp3) is 0.333. The van der Waals surface area contributed by atoms with Crippen molar-refractivity contribution in [3.05, 3.63) is 56.4 Å². The van der Waals surface area contributed by atoms with Crippen LogP contribution in [-0.2, 0) is 11.3 Å². The number of benzene rings is 1. The summed E-state index contributed by atoms with van der Waals surface area (Å²) in [6, 6.07) is 12.0. The average Bonchev–Trinajstić information content (AvgIpc) is 3.39. The fourth-order valence-corrected chi connectivity index (χ4v) is 5.35. The van der Waals surface area contributed by atoms with Gasteiger partial charge in [-0.05, 0) is 47.1 Å². The molecule has 10 heteroatoms. The molecule has 0 unspecified atom stereocenters. The van der Waals surface area contributed by atoms with E-state index < -0.39 is 0 Å². The van der Waals surface area contributed by atoms with E-state index in [0.717, 1.165) is 65.7 Å². The minimum Gasteiger partial charge on any atom is -0.379 e. The Kier molecular flexibility index (Phi) is 7.83. The Bertz CT molecular complexity index is 1210. The van der Waals surface area contributed by atoms with Crippen molar-refractivity contribution in [1.29, 1.82) is 0 Å². The van der Waals surface area contributed by atoms with Crippen LogP contribution in [0.5, 0.6) is 0 Å². The molecule has 1 aliphatic heterocycles. The van der Waals surface area contributed by atoms with E-state index in [1.807, 2.05) is 35.6 Å². The van der Waals surface area contributed by atoms with E-state index in [4.69, 9.17) is 9.72 Å². The first kappa shape index (κ1) is 24.2. The summed E-state index contributed by atoms with van der Waals surface area (Å²) in [5, 5.41) is 0. The van der Waals surface area contributed by atoms with Gasteiger partial charge in [-0.2, -0.15) is 0 Å². The summed E-state index contributed by atoms with van der Waals surface area (Å²) >= 11 is 4.91. The van der Waals surface area contributed by atoms with Gasteiger partial charge >= 0.3 is 0 Å². The van der Waals surface area contributed by atoms with Gasteiger partial charge in [-0.1, -0.05) is 12.1 Å². The van der Waals surface area contributed by atoms with Crippen molar-refractivity contribution in [2.75, 3.05) is 32.8 Å². The Hall–Kier alpha value is -1.42. The molecule has 5 rings (SSSR count). The molecule has 166 valence electrons. The molecule has 0 atom stereocenters. The number of carbonyl (C=O) groups is 1. The maximum Gasteiger partial charge on any atom is 0.221 e. The van der Waals surface area contributed by atoms with Gasteiger partial charge in [0, 0.05) is 26.2 Å². The molecule has 6 nitrogen and oxygen atoms in total. The summed E-state index contributed by atoms with van der Waals surface area (Å²) in [4.78, 5) is 21.3. The third-order valence-electron chi connectivity index (χ3n) is 5.44. The molecule has 31 heavy (non-hydrogen) atoms. The summed E-state index contributed by atoms with van der Waals surface area (Å²) in [5.74, 6) is 0.845. The molecular formula is C21H23BrCl2N4O2S. The summed E-state index contributed by atoms with van der Waals surface area (Å²) in [6.45, 7) is 7.18. The number of imidazole rings is 2. The van der Waals surface area contributed by atoms with Crippen LogP contribution in [0.3, 0.4) is 0 Å². The van der Waals surface area contributed by atoms with E-state index in [1.165, 1.54) is 11.3 Å². The molecule has 0 amide bonds. The van der Waals surface area contributed by atoms with Gasteiger partial charge in [0.25, 0.3) is 0 Å². The van der Waals surface area contributed by atoms with Crippen LogP contribution >= 0.6 is 52.1 Å². The zero-order valence-corrected chi connectivity index (χ0v) is 21.0. The third-order valence-corrected chi connectivity index (χ3v) is 7.07. The van der Waals surface area contributed by atoms with Gasteiger partial charge in [-0.3, -0.25) is 14.1 Å². The summed E-state index contributed by atoms with van der Waals surface area (Å²) in [7, 11) is 0. The van der Waals surface area contributed by atoms with Gasteiger partial charge in [-0.15, -0.1) is 36.2 Å². The van der Waals surface area contributed by atoms with Crippen molar-refractivity contribution in [1.82, 2.24) is 18.9 Å². The molecule has 0 bridgehead atoms. The molecular weight excluding hydrogens is 523 g/mol. The molecule has 0 aliphatic carbocycles. The molecule has 4 aromatic rings. The SMILES string of the molecule is Cc1nc2n(CCN3CCOCC3)c3ccccc3n2c1C(=O)c1ccc(Br)s1.Cl.Cl. The molecule has 1 aromatic carbocycles. The first-order chi connectivity index (χ1) is 14.1. The lowest BCUT2D eigenvalue weighted by molar-refractivity contribution is 0.0366. The zero-order valence-electron chi connectivity index (χ0n) is 16.9. The van der Waals surface area contributed by atoms with E-state index in [-0.39, 0.29) is 30.6 Å². The highest BCUT2D eigenvalue weighted by atomic mass is 79.9. The number of thiophene rings is 1. The van der Waals surface area contributed by atoms with Gasteiger partial charge in [-0.25, -0.2) is 4.98 Å². The molecule has 1 aliphatic rings. The van der Waals surface area contributed by atoms with Crippen molar-refractivity contribution in [2.24, 2.45) is 0 Å². The number of hydrogen-bond acceptors (Lipinski definition) is 5. The molecule has 0 radical (unpaired) electrons. The number of fused-ring (bicyclic) bond motifs is 3. The van der Waals surface area contributed by atoms with Crippen molar-refractivity contribution >= 4 is 74.7 Å². The lowest BCUT2D eigenvalue weighted by Gasteiger charge is -2.26. The first-order valence-corrected chi connectivity index (χ1v) is 11.3. The Morgan fingerprint density at radius 2 is 1.81 bits per heavy atom. The molecule has 0 N–H and O–H groups in total. The lowest BCUT2D eigenvalue weighted by Crippen LogP contribution is -2.38. The second-order valence-electron chi connectivity index (χ2n) is 7.21.